The number of hydrogen-bond donors (Lipinski definition) is 1. The van der Waals surface area contributed by atoms with Crippen molar-refractivity contribution in [2.75, 3.05) is 0 Å². The van der Waals surface area contributed by atoms with Crippen LogP contribution in [-0.4, -0.2) is 42.4 Å². The van der Waals surface area contributed by atoms with Gasteiger partial charge in [-0.1, -0.05) is 0 Å². The van der Waals surface area contributed by atoms with Crippen molar-refractivity contribution in [3.63, 3.8) is 0 Å². The Morgan fingerprint density at radius 3 is 1.55 bits per heavy atom. The Kier molecular flexibility index (Phi) is 6.65. The normalized spacial score (nSPS) is 10.4. The summed E-state index contributed by atoms with van der Waals surface area (Å²) in [5.74, 6) is -2.07. The Morgan fingerprint density at radius 1 is 1.45 bits per heavy atom. The van der Waals surface area contributed by atoms with Gasteiger partial charge in [-0.25, -0.2) is 4.79 Å². The molecule has 0 aliphatic heterocycles. The molecular weight excluding hydrogens is 184 g/mol. The third-order valence-electron chi connectivity index (χ3n) is 0.187. The van der Waals surface area contributed by atoms with Crippen molar-refractivity contribution in [3.8, 4) is 0 Å². The maximum absolute atomic E-state index is 10.7. The van der Waals surface area contributed by atoms with E-state index in [1.807, 2.05) is 0 Å². The fourth-order valence-electron chi connectivity index (χ4n) is 0. The van der Waals surface area contributed by atoms with E-state index in [0.717, 1.165) is 0 Å². The van der Waals surface area contributed by atoms with Crippen molar-refractivity contribution in [1.82, 2.24) is 0 Å². The molecule has 0 rings (SSSR count). The molecule has 0 radical (unpaired) electrons. The van der Waals surface area contributed by atoms with Gasteiger partial charge in [-0.3, -0.25) is 0 Å². The molecule has 0 saturated heterocycles. The van der Waals surface area contributed by atoms with Crippen LogP contribution in [0.3, 0.4) is 0 Å². The summed E-state index contributed by atoms with van der Waals surface area (Å²) in [6.45, 7) is 0. The molecule has 0 fully saturated rings. The molecule has 11 heavy (non-hydrogen) atoms. The zero-order valence-electron chi connectivity index (χ0n) is 5.29. The predicted molar refractivity (Wildman–Crippen MR) is 29.4 cm³/mol. The Labute approximate surface area is 68.7 Å². The monoisotopic (exact) mass is 186 g/mol. The molecule has 0 unspecified atom stereocenters. The van der Waals surface area contributed by atoms with E-state index < -0.39 is 20.7 Å². The Hall–Kier alpha value is -0.193. The molecule has 0 aliphatic carbocycles. The fraction of sp³-hybridized carbons (Fsp3) is 0.500. The molecule has 0 saturated carbocycles. The molecule has 0 aromatic rings. The summed E-state index contributed by atoms with van der Waals surface area (Å²) in [6.07, 6.45) is -3.23. The maximum atomic E-state index is 10.7. The fourth-order valence-corrected chi connectivity index (χ4v) is 0. The molecule has 0 aromatic heterocycles. The summed E-state index contributed by atoms with van der Waals surface area (Å²) in [5.41, 5.74) is 0. The van der Waals surface area contributed by atoms with Crippen LogP contribution in [0.2, 0.25) is 0 Å². The van der Waals surface area contributed by atoms with Gasteiger partial charge in [-0.2, -0.15) is 8.78 Å². The van der Waals surface area contributed by atoms with E-state index in [1.54, 1.807) is 0 Å². The van der Waals surface area contributed by atoms with Gasteiger partial charge in [-0.15, -0.1) is 0 Å². The van der Waals surface area contributed by atoms with Crippen molar-refractivity contribution >= 4 is 30.8 Å². The Morgan fingerprint density at radius 2 is 1.55 bits per heavy atom. The second kappa shape index (κ2) is 5.46. The van der Waals surface area contributed by atoms with Crippen LogP contribution in [0.25, 0.3) is 0 Å². The zero-order chi connectivity index (χ0) is 9.65. The summed E-state index contributed by atoms with van der Waals surface area (Å²) in [6, 6.07) is 0. The molecule has 0 bridgehead atoms. The van der Waals surface area contributed by atoms with Crippen molar-refractivity contribution < 1.29 is 31.0 Å². The second-order valence-corrected chi connectivity index (χ2v) is 2.68. The molecule has 1 N–H and O–H groups in total. The van der Waals surface area contributed by atoms with Gasteiger partial charge in [0.15, 0.2) is 0 Å². The Bertz CT molecular complexity index is 203. The number of halogens is 3. The average molecular weight is 186 g/mol. The van der Waals surface area contributed by atoms with Crippen LogP contribution in [0, 0.1) is 0 Å². The van der Waals surface area contributed by atoms with E-state index in [2.05, 4.69) is 0 Å². The second-order valence-electron chi connectivity index (χ2n) is 1.32. The molecule has 0 amide bonds. The van der Waals surface area contributed by atoms with Crippen LogP contribution in [0.15, 0.2) is 0 Å². The molecule has 62 valence electrons. The van der Waals surface area contributed by atoms with E-state index in [9.17, 15) is 12.7 Å². The SMILES string of the molecule is O=C(O)C(F)F.[Li][S](=O)(=O)F. The third-order valence-corrected chi connectivity index (χ3v) is 0.187. The van der Waals surface area contributed by atoms with Gasteiger partial charge in [0.1, 0.15) is 0 Å². The molecule has 0 heterocycles. The standard InChI is InChI=1S/C2H2F2O2.FO2S.Li/c3-1(4)2(5)6;1-4(2)3;/h1H,(H,5,6);;. The number of alkyl halides is 2. The van der Waals surface area contributed by atoms with Crippen LogP contribution in [-0.2, 0) is 13.1 Å². The number of aliphatic carboxylic acids is 1. The first-order valence-corrected chi connectivity index (χ1v) is 3.84. The van der Waals surface area contributed by atoms with Crippen molar-refractivity contribution in [1.29, 1.82) is 0 Å². The van der Waals surface area contributed by atoms with Crippen LogP contribution in [0.4, 0.5) is 12.7 Å². The number of carboxylic acids is 1. The van der Waals surface area contributed by atoms with Crippen LogP contribution in [0.5, 0.6) is 0 Å². The molecule has 0 aliphatic rings. The van der Waals surface area contributed by atoms with Gasteiger partial charge >= 0.3 is 49.5 Å². The average Bonchev–Trinajstić information content (AvgIpc) is 1.59. The van der Waals surface area contributed by atoms with Gasteiger partial charge in [0.05, 0.1) is 0 Å². The summed E-state index contributed by atoms with van der Waals surface area (Å²) in [7, 11) is -4.17. The zero-order valence-corrected chi connectivity index (χ0v) is 6.11. The van der Waals surface area contributed by atoms with E-state index in [-0.39, 0.29) is 0 Å². The number of hydrogen-bond acceptors (Lipinski definition) is 3. The van der Waals surface area contributed by atoms with Crippen molar-refractivity contribution in [2.45, 2.75) is 6.43 Å². The van der Waals surface area contributed by atoms with Gasteiger partial charge in [-0.05, 0) is 0 Å². The van der Waals surface area contributed by atoms with E-state index in [1.165, 1.54) is 0 Å². The topological polar surface area (TPSA) is 71.4 Å². The van der Waals surface area contributed by atoms with Crippen LogP contribution >= 0.6 is 0 Å². The first-order chi connectivity index (χ1) is 4.64. The first kappa shape index (κ1) is 13.4. The third kappa shape index (κ3) is 41.2. The molecule has 0 aromatic carbocycles. The van der Waals surface area contributed by atoms with Crippen molar-refractivity contribution in [2.24, 2.45) is 0 Å². The number of carbonyl (C=O) groups is 1. The van der Waals surface area contributed by atoms with Gasteiger partial charge in [0, 0.05) is 0 Å². The molecule has 0 spiro atoms. The van der Waals surface area contributed by atoms with E-state index >= 15 is 0 Å². The summed E-state index contributed by atoms with van der Waals surface area (Å²) in [5, 5.41) is 7.24. The summed E-state index contributed by atoms with van der Waals surface area (Å²) >= 11 is 0.493. The van der Waals surface area contributed by atoms with E-state index in [0.29, 0.717) is 16.5 Å². The number of rotatable bonds is 1. The molecule has 9 heteroatoms. The molecular formula is C2H2F3LiO4S. The van der Waals surface area contributed by atoms with Gasteiger partial charge in [0.2, 0.25) is 0 Å². The minimum atomic E-state index is -4.17. The van der Waals surface area contributed by atoms with Gasteiger partial charge in [0.25, 0.3) is 0 Å². The summed E-state index contributed by atoms with van der Waals surface area (Å²) < 4.78 is 49.7. The Balaban J connectivity index is 0. The number of carboxylic acid groups (broad SMARTS) is 1. The summed E-state index contributed by atoms with van der Waals surface area (Å²) in [4.78, 5) is 8.95. The van der Waals surface area contributed by atoms with Gasteiger partial charge < -0.3 is 5.11 Å². The van der Waals surface area contributed by atoms with Crippen LogP contribution < -0.4 is 0 Å². The predicted octanol–water partition coefficient (Wildman–Crippen LogP) is -0.295. The molecule has 0 atom stereocenters. The van der Waals surface area contributed by atoms with Crippen molar-refractivity contribution in [3.05, 3.63) is 0 Å². The van der Waals surface area contributed by atoms with E-state index in [4.69, 9.17) is 18.3 Å². The quantitative estimate of drug-likeness (QED) is 0.451. The first-order valence-electron chi connectivity index (χ1n) is 2.05. The molecule has 4 nitrogen and oxygen atoms in total. The minimum absolute atomic E-state index is 0.493. The van der Waals surface area contributed by atoms with Crippen LogP contribution in [0.1, 0.15) is 0 Å².